The number of aromatic nitrogens is 2. The first-order valence-corrected chi connectivity index (χ1v) is 7.98. The summed E-state index contributed by atoms with van der Waals surface area (Å²) >= 11 is 0. The lowest BCUT2D eigenvalue weighted by Gasteiger charge is -2.25. The summed E-state index contributed by atoms with van der Waals surface area (Å²) in [5, 5.41) is 0.736. The van der Waals surface area contributed by atoms with Gasteiger partial charge in [-0.2, -0.15) is 0 Å². The van der Waals surface area contributed by atoms with Crippen LogP contribution in [0, 0.1) is 0 Å². The number of hydrogen-bond acceptors (Lipinski definition) is 6. The van der Waals surface area contributed by atoms with Gasteiger partial charge in [-0.1, -0.05) is 0 Å². The maximum atomic E-state index is 11.8. The number of anilines is 3. The second kappa shape index (κ2) is 6.68. The molecular formula is C20H15N3O3. The Hall–Kier alpha value is -3.67. The third kappa shape index (κ3) is 2.88. The Balaban J connectivity index is 1.93. The number of ether oxygens (including phenoxy) is 1. The van der Waals surface area contributed by atoms with Crippen LogP contribution >= 0.6 is 0 Å². The smallest absolute Gasteiger partial charge is 0.339 e. The molecule has 0 saturated carbocycles. The summed E-state index contributed by atoms with van der Waals surface area (Å²) in [6, 6.07) is 14.6. The van der Waals surface area contributed by atoms with Crippen LogP contribution in [0.5, 0.6) is 5.75 Å². The van der Waals surface area contributed by atoms with E-state index in [4.69, 9.17) is 9.15 Å². The molecule has 26 heavy (non-hydrogen) atoms. The van der Waals surface area contributed by atoms with Crippen LogP contribution in [0.4, 0.5) is 17.1 Å². The SMILES string of the molecule is COc1cc(=O)oc2cc(N(c3ccncc3)c3ccncc3)ccc12. The van der Waals surface area contributed by atoms with Crippen LogP contribution in [0.2, 0.25) is 0 Å². The molecule has 3 aromatic heterocycles. The summed E-state index contributed by atoms with van der Waals surface area (Å²) < 4.78 is 10.7. The molecule has 0 atom stereocenters. The van der Waals surface area contributed by atoms with E-state index in [9.17, 15) is 4.79 Å². The van der Waals surface area contributed by atoms with E-state index in [1.54, 1.807) is 24.8 Å². The van der Waals surface area contributed by atoms with E-state index in [2.05, 4.69) is 9.97 Å². The number of rotatable bonds is 4. The van der Waals surface area contributed by atoms with E-state index in [0.29, 0.717) is 11.3 Å². The summed E-state index contributed by atoms with van der Waals surface area (Å²) in [6.07, 6.45) is 6.92. The molecule has 0 spiro atoms. The lowest BCUT2D eigenvalue weighted by atomic mass is 10.1. The van der Waals surface area contributed by atoms with Crippen LogP contribution in [0.15, 0.2) is 82.5 Å². The maximum absolute atomic E-state index is 11.8. The monoisotopic (exact) mass is 345 g/mol. The zero-order valence-corrected chi connectivity index (χ0v) is 14.0. The van der Waals surface area contributed by atoms with Gasteiger partial charge in [-0.3, -0.25) is 9.97 Å². The molecule has 4 rings (SSSR count). The summed E-state index contributed by atoms with van der Waals surface area (Å²) in [5.74, 6) is 0.488. The van der Waals surface area contributed by atoms with Crippen molar-refractivity contribution in [2.45, 2.75) is 0 Å². The van der Waals surface area contributed by atoms with Gasteiger partial charge in [-0.15, -0.1) is 0 Å². The fourth-order valence-corrected chi connectivity index (χ4v) is 2.86. The summed E-state index contributed by atoms with van der Waals surface area (Å²) in [5.41, 5.74) is 2.70. The predicted molar refractivity (Wildman–Crippen MR) is 99.3 cm³/mol. The standard InChI is InChI=1S/C20H15N3O3/c1-25-18-13-20(24)26-19-12-16(2-3-17(18)19)23(14-4-8-21-9-5-14)15-6-10-22-11-7-15/h2-13H,1H3. The number of nitrogens with zero attached hydrogens (tertiary/aromatic N) is 3. The molecule has 0 aliphatic carbocycles. The van der Waals surface area contributed by atoms with Gasteiger partial charge in [0.15, 0.2) is 0 Å². The molecule has 4 aromatic rings. The third-order valence-corrected chi connectivity index (χ3v) is 4.01. The molecule has 6 heteroatoms. The molecule has 0 unspecified atom stereocenters. The highest BCUT2D eigenvalue weighted by Gasteiger charge is 2.14. The number of methoxy groups -OCH3 is 1. The second-order valence-corrected chi connectivity index (χ2v) is 5.56. The third-order valence-electron chi connectivity index (χ3n) is 4.01. The minimum Gasteiger partial charge on any atom is -0.496 e. The lowest BCUT2D eigenvalue weighted by Crippen LogP contribution is -2.10. The second-order valence-electron chi connectivity index (χ2n) is 5.56. The van der Waals surface area contributed by atoms with Gasteiger partial charge in [-0.05, 0) is 36.4 Å². The minimum atomic E-state index is -0.453. The Morgan fingerprint density at radius 3 is 2.04 bits per heavy atom. The molecule has 0 aliphatic heterocycles. The topological polar surface area (TPSA) is 68.5 Å². The molecule has 0 radical (unpaired) electrons. The van der Waals surface area contributed by atoms with Crippen molar-refractivity contribution in [1.29, 1.82) is 0 Å². The molecule has 0 N–H and O–H groups in total. The molecule has 0 bridgehead atoms. The molecule has 0 fully saturated rings. The van der Waals surface area contributed by atoms with Crippen molar-refractivity contribution >= 4 is 28.0 Å². The van der Waals surface area contributed by atoms with Crippen molar-refractivity contribution in [2.24, 2.45) is 0 Å². The molecule has 0 saturated heterocycles. The van der Waals surface area contributed by atoms with Crippen molar-refractivity contribution in [3.8, 4) is 5.75 Å². The van der Waals surface area contributed by atoms with Crippen molar-refractivity contribution < 1.29 is 9.15 Å². The first kappa shape index (κ1) is 15.8. The Morgan fingerprint density at radius 2 is 1.46 bits per heavy atom. The van der Waals surface area contributed by atoms with Gasteiger partial charge in [0, 0.05) is 47.9 Å². The Kier molecular flexibility index (Phi) is 4.07. The number of fused-ring (bicyclic) bond motifs is 1. The van der Waals surface area contributed by atoms with E-state index in [-0.39, 0.29) is 0 Å². The maximum Gasteiger partial charge on any atom is 0.339 e. The van der Waals surface area contributed by atoms with Gasteiger partial charge in [-0.25, -0.2) is 4.79 Å². The van der Waals surface area contributed by atoms with Crippen molar-refractivity contribution in [1.82, 2.24) is 9.97 Å². The largest absolute Gasteiger partial charge is 0.496 e. The number of pyridine rings is 2. The van der Waals surface area contributed by atoms with Gasteiger partial charge in [0.2, 0.25) is 0 Å². The fraction of sp³-hybridized carbons (Fsp3) is 0.0500. The zero-order chi connectivity index (χ0) is 17.9. The summed E-state index contributed by atoms with van der Waals surface area (Å²) in [7, 11) is 1.53. The Morgan fingerprint density at radius 1 is 0.846 bits per heavy atom. The van der Waals surface area contributed by atoms with E-state index in [0.717, 1.165) is 22.4 Å². The number of benzene rings is 1. The van der Waals surface area contributed by atoms with Crippen molar-refractivity contribution in [3.63, 3.8) is 0 Å². The van der Waals surface area contributed by atoms with Gasteiger partial charge in [0.05, 0.1) is 18.6 Å². The average molecular weight is 345 g/mol. The quantitative estimate of drug-likeness (QED) is 0.520. The van der Waals surface area contributed by atoms with Crippen molar-refractivity contribution in [3.05, 3.63) is 83.7 Å². The van der Waals surface area contributed by atoms with Crippen LogP contribution in [0.3, 0.4) is 0 Å². The highest BCUT2D eigenvalue weighted by molar-refractivity contribution is 5.89. The first-order chi connectivity index (χ1) is 12.8. The molecule has 1 aromatic carbocycles. The summed E-state index contributed by atoms with van der Waals surface area (Å²) in [4.78, 5) is 22.0. The van der Waals surface area contributed by atoms with Gasteiger partial charge in [0.1, 0.15) is 11.3 Å². The first-order valence-electron chi connectivity index (χ1n) is 7.98. The van der Waals surface area contributed by atoms with E-state index < -0.39 is 5.63 Å². The molecule has 0 amide bonds. The van der Waals surface area contributed by atoms with E-state index in [1.165, 1.54) is 13.2 Å². The van der Waals surface area contributed by atoms with Gasteiger partial charge >= 0.3 is 5.63 Å². The molecule has 128 valence electrons. The van der Waals surface area contributed by atoms with Crippen LogP contribution in [0.25, 0.3) is 11.0 Å². The molecule has 6 nitrogen and oxygen atoms in total. The van der Waals surface area contributed by atoms with Gasteiger partial charge < -0.3 is 14.1 Å². The average Bonchev–Trinajstić information content (AvgIpc) is 2.69. The van der Waals surface area contributed by atoms with Crippen LogP contribution < -0.4 is 15.3 Å². The van der Waals surface area contributed by atoms with E-state index in [1.807, 2.05) is 47.4 Å². The van der Waals surface area contributed by atoms with Gasteiger partial charge in [0.25, 0.3) is 0 Å². The molecular weight excluding hydrogens is 330 g/mol. The lowest BCUT2D eigenvalue weighted by molar-refractivity contribution is 0.413. The van der Waals surface area contributed by atoms with Crippen molar-refractivity contribution in [2.75, 3.05) is 12.0 Å². The Labute approximate surface area is 149 Å². The fourth-order valence-electron chi connectivity index (χ4n) is 2.86. The summed E-state index contributed by atoms with van der Waals surface area (Å²) in [6.45, 7) is 0. The van der Waals surface area contributed by atoms with E-state index >= 15 is 0 Å². The molecule has 3 heterocycles. The predicted octanol–water partition coefficient (Wildman–Crippen LogP) is 4.06. The normalized spacial score (nSPS) is 10.7. The highest BCUT2D eigenvalue weighted by Crippen LogP contribution is 2.36. The van der Waals surface area contributed by atoms with Crippen LogP contribution in [-0.2, 0) is 0 Å². The zero-order valence-electron chi connectivity index (χ0n) is 14.0. The Bertz CT molecular complexity index is 1060. The molecule has 0 aliphatic rings. The minimum absolute atomic E-state index is 0.453. The highest BCUT2D eigenvalue weighted by atomic mass is 16.5. The van der Waals surface area contributed by atoms with Crippen LogP contribution in [-0.4, -0.2) is 17.1 Å². The van der Waals surface area contributed by atoms with Crippen LogP contribution in [0.1, 0.15) is 0 Å². The number of hydrogen-bond donors (Lipinski definition) is 0.